The van der Waals surface area contributed by atoms with Gasteiger partial charge in [0, 0.05) is 18.6 Å². The number of Topliss-reactive ketones (excluding diaryl/α,β-unsaturated/α-hetero) is 1. The van der Waals surface area contributed by atoms with Gasteiger partial charge in [-0.1, -0.05) is 36.4 Å². The molecule has 0 saturated heterocycles. The molecule has 2 aromatic rings. The first-order valence-corrected chi connectivity index (χ1v) is 6.02. The molecule has 0 spiro atoms. The van der Waals surface area contributed by atoms with E-state index in [2.05, 4.69) is 0 Å². The molecule has 4 nitrogen and oxygen atoms in total. The van der Waals surface area contributed by atoms with Crippen LogP contribution in [0.4, 0.5) is 0 Å². The van der Waals surface area contributed by atoms with Gasteiger partial charge in [0.25, 0.3) is 0 Å². The molecule has 1 N–H and O–H groups in total. The molecule has 0 aliphatic carbocycles. The zero-order valence-corrected chi connectivity index (χ0v) is 11.4. The van der Waals surface area contributed by atoms with Gasteiger partial charge in [0.2, 0.25) is 0 Å². The van der Waals surface area contributed by atoms with Gasteiger partial charge in [-0.05, 0) is 19.1 Å². The first kappa shape index (κ1) is 15.4. The molecule has 2 aromatic carbocycles. The van der Waals surface area contributed by atoms with Crippen LogP contribution >= 0.6 is 0 Å². The van der Waals surface area contributed by atoms with E-state index in [9.17, 15) is 9.59 Å². The molecule has 0 unspecified atom stereocenters. The lowest BCUT2D eigenvalue weighted by Gasteiger charge is -1.99. The molecule has 0 radical (unpaired) electrons. The van der Waals surface area contributed by atoms with Crippen molar-refractivity contribution in [2.75, 3.05) is 0 Å². The van der Waals surface area contributed by atoms with Gasteiger partial charge in [0.05, 0.1) is 0 Å². The van der Waals surface area contributed by atoms with Crippen LogP contribution in [0.2, 0.25) is 0 Å². The van der Waals surface area contributed by atoms with E-state index in [0.29, 0.717) is 5.75 Å². The zero-order chi connectivity index (χ0) is 15.0. The summed E-state index contributed by atoms with van der Waals surface area (Å²) < 4.78 is 4.70. The highest BCUT2D eigenvalue weighted by atomic mass is 16.5. The Hall–Kier alpha value is -2.62. The van der Waals surface area contributed by atoms with E-state index < -0.39 is 5.97 Å². The second-order valence-electron chi connectivity index (χ2n) is 4.01. The van der Waals surface area contributed by atoms with Gasteiger partial charge in [-0.2, -0.15) is 0 Å². The molecule has 2 rings (SSSR count). The van der Waals surface area contributed by atoms with Gasteiger partial charge in [-0.3, -0.25) is 9.59 Å². The summed E-state index contributed by atoms with van der Waals surface area (Å²) in [5.41, 5.74) is 0.775. The van der Waals surface area contributed by atoms with E-state index in [1.165, 1.54) is 19.1 Å². The Morgan fingerprint density at radius 2 is 1.60 bits per heavy atom. The second kappa shape index (κ2) is 7.74. The number of benzene rings is 2. The van der Waals surface area contributed by atoms with Crippen LogP contribution in [0, 0.1) is 0 Å². The number of ketones is 1. The summed E-state index contributed by atoms with van der Waals surface area (Å²) in [6.45, 7) is 2.87. The Labute approximate surface area is 117 Å². The van der Waals surface area contributed by atoms with Crippen molar-refractivity contribution < 1.29 is 19.4 Å². The van der Waals surface area contributed by atoms with Crippen molar-refractivity contribution in [2.45, 2.75) is 13.8 Å². The third-order valence-corrected chi connectivity index (χ3v) is 2.26. The molecule has 0 fully saturated rings. The van der Waals surface area contributed by atoms with Crippen molar-refractivity contribution in [2.24, 2.45) is 0 Å². The Morgan fingerprint density at radius 3 is 2.05 bits per heavy atom. The fourth-order valence-electron chi connectivity index (χ4n) is 1.39. The third kappa shape index (κ3) is 5.82. The monoisotopic (exact) mass is 272 g/mol. The molecule has 0 saturated carbocycles. The summed E-state index contributed by atoms with van der Waals surface area (Å²) in [5.74, 6) is 0.174. The molecule has 0 bridgehead atoms. The molecule has 104 valence electrons. The third-order valence-electron chi connectivity index (χ3n) is 2.26. The highest BCUT2D eigenvalue weighted by Crippen LogP contribution is 2.17. The van der Waals surface area contributed by atoms with Crippen molar-refractivity contribution in [1.29, 1.82) is 0 Å². The highest BCUT2D eigenvalue weighted by molar-refractivity contribution is 5.93. The standard InChI is InChI=1S/C8H8O3.C8H8O/c1-6(9)11-8-4-2-3-7(10)5-8;1-7(9)8-5-3-2-4-6-8/h2-5,10H,1H3;2-6H,1H3. The highest BCUT2D eigenvalue weighted by Gasteiger charge is 1.97. The number of esters is 1. The van der Waals surface area contributed by atoms with Crippen LogP contribution in [0.3, 0.4) is 0 Å². The minimum atomic E-state index is -0.393. The SMILES string of the molecule is CC(=O)Oc1cccc(O)c1.CC(=O)c1ccccc1. The number of phenols is 1. The van der Waals surface area contributed by atoms with Crippen molar-refractivity contribution in [3.05, 3.63) is 60.2 Å². The minimum absolute atomic E-state index is 0.0868. The molecule has 0 heterocycles. The summed E-state index contributed by atoms with van der Waals surface area (Å²) in [6.07, 6.45) is 0. The fraction of sp³-hybridized carbons (Fsp3) is 0.125. The van der Waals surface area contributed by atoms with Gasteiger partial charge < -0.3 is 9.84 Å². The van der Waals surface area contributed by atoms with Gasteiger partial charge in [-0.25, -0.2) is 0 Å². The van der Waals surface area contributed by atoms with Gasteiger partial charge >= 0.3 is 5.97 Å². The number of hydrogen-bond acceptors (Lipinski definition) is 4. The lowest BCUT2D eigenvalue weighted by Crippen LogP contribution is -2.00. The maximum Gasteiger partial charge on any atom is 0.308 e. The van der Waals surface area contributed by atoms with Crippen LogP contribution in [0.25, 0.3) is 0 Å². The molecule has 0 aliphatic heterocycles. The number of carbonyl (C=O) groups is 2. The number of rotatable bonds is 2. The number of carbonyl (C=O) groups excluding carboxylic acids is 2. The lowest BCUT2D eigenvalue weighted by molar-refractivity contribution is -0.131. The Kier molecular flexibility index (Phi) is 5.97. The first-order valence-electron chi connectivity index (χ1n) is 6.02. The molecule has 20 heavy (non-hydrogen) atoms. The smallest absolute Gasteiger partial charge is 0.308 e. The van der Waals surface area contributed by atoms with Crippen molar-refractivity contribution >= 4 is 11.8 Å². The topological polar surface area (TPSA) is 63.6 Å². The Bertz CT molecular complexity index is 576. The second-order valence-corrected chi connectivity index (χ2v) is 4.01. The van der Waals surface area contributed by atoms with E-state index in [1.54, 1.807) is 19.1 Å². The molecule has 0 atom stereocenters. The maximum absolute atomic E-state index is 10.6. The fourth-order valence-corrected chi connectivity index (χ4v) is 1.39. The van der Waals surface area contributed by atoms with E-state index in [-0.39, 0.29) is 11.5 Å². The first-order chi connectivity index (χ1) is 9.49. The minimum Gasteiger partial charge on any atom is -0.508 e. The average Bonchev–Trinajstić information content (AvgIpc) is 2.39. The summed E-state index contributed by atoms with van der Waals surface area (Å²) in [4.78, 5) is 21.1. The normalized spacial score (nSPS) is 9.10. The van der Waals surface area contributed by atoms with E-state index in [0.717, 1.165) is 5.56 Å². The van der Waals surface area contributed by atoms with E-state index >= 15 is 0 Å². The number of hydrogen-bond donors (Lipinski definition) is 1. The van der Waals surface area contributed by atoms with Crippen LogP contribution in [-0.4, -0.2) is 16.9 Å². The predicted octanol–water partition coefficient (Wildman–Crippen LogP) is 3.21. The average molecular weight is 272 g/mol. The largest absolute Gasteiger partial charge is 0.508 e. The maximum atomic E-state index is 10.6. The molecular formula is C16H16O4. The number of ether oxygens (including phenoxy) is 1. The molecule has 0 aliphatic rings. The van der Waals surface area contributed by atoms with E-state index in [1.807, 2.05) is 30.3 Å². The van der Waals surface area contributed by atoms with Gasteiger partial charge in [0.15, 0.2) is 5.78 Å². The van der Waals surface area contributed by atoms with Crippen LogP contribution in [0.15, 0.2) is 54.6 Å². The Balaban J connectivity index is 0.000000204. The van der Waals surface area contributed by atoms with Crippen LogP contribution < -0.4 is 4.74 Å². The molecule has 0 amide bonds. The summed E-state index contributed by atoms with van der Waals surface area (Å²) >= 11 is 0. The van der Waals surface area contributed by atoms with E-state index in [4.69, 9.17) is 9.84 Å². The van der Waals surface area contributed by atoms with Crippen LogP contribution in [-0.2, 0) is 4.79 Å². The predicted molar refractivity (Wildman–Crippen MR) is 75.9 cm³/mol. The zero-order valence-electron chi connectivity index (χ0n) is 11.4. The molecular weight excluding hydrogens is 256 g/mol. The quantitative estimate of drug-likeness (QED) is 0.518. The number of phenolic OH excluding ortho intramolecular Hbond substituents is 1. The lowest BCUT2D eigenvalue weighted by atomic mass is 10.2. The summed E-state index contributed by atoms with van der Waals surface area (Å²) in [7, 11) is 0. The van der Waals surface area contributed by atoms with Crippen LogP contribution in [0.1, 0.15) is 24.2 Å². The van der Waals surface area contributed by atoms with Crippen molar-refractivity contribution in [3.8, 4) is 11.5 Å². The van der Waals surface area contributed by atoms with Crippen LogP contribution in [0.5, 0.6) is 11.5 Å². The summed E-state index contributed by atoms with van der Waals surface area (Å²) in [6, 6.07) is 15.3. The molecule has 4 heteroatoms. The number of aromatic hydroxyl groups is 1. The Morgan fingerprint density at radius 1 is 0.950 bits per heavy atom. The van der Waals surface area contributed by atoms with Crippen molar-refractivity contribution in [1.82, 2.24) is 0 Å². The molecule has 0 aromatic heterocycles. The van der Waals surface area contributed by atoms with Gasteiger partial charge in [0.1, 0.15) is 11.5 Å². The summed E-state index contributed by atoms with van der Waals surface area (Å²) in [5, 5.41) is 8.93. The van der Waals surface area contributed by atoms with Gasteiger partial charge in [-0.15, -0.1) is 0 Å². The van der Waals surface area contributed by atoms with Crippen molar-refractivity contribution in [3.63, 3.8) is 0 Å².